The molecule has 1 fully saturated rings. The maximum Gasteiger partial charge on any atom is 0.230 e. The molecule has 0 bridgehead atoms. The molecule has 5 heteroatoms. The molecule has 1 aliphatic carbocycles. The lowest BCUT2D eigenvalue weighted by Crippen LogP contribution is -2.40. The van der Waals surface area contributed by atoms with Crippen molar-refractivity contribution in [2.75, 3.05) is 6.61 Å². The number of rotatable bonds is 5. The van der Waals surface area contributed by atoms with Gasteiger partial charge >= 0.3 is 0 Å². The van der Waals surface area contributed by atoms with E-state index in [0.29, 0.717) is 24.2 Å². The van der Waals surface area contributed by atoms with Crippen molar-refractivity contribution in [3.8, 4) is 0 Å². The van der Waals surface area contributed by atoms with E-state index in [1.807, 2.05) is 20.8 Å². The van der Waals surface area contributed by atoms with E-state index in [1.54, 1.807) is 0 Å². The minimum Gasteiger partial charge on any atom is -0.376 e. The van der Waals surface area contributed by atoms with Gasteiger partial charge in [-0.3, -0.25) is 0 Å². The Kier molecular flexibility index (Phi) is 3.23. The highest BCUT2D eigenvalue weighted by Crippen LogP contribution is 2.58. The Morgan fingerprint density at radius 2 is 2.17 bits per heavy atom. The zero-order valence-electron chi connectivity index (χ0n) is 11.9. The SMILES string of the molecule is CC(C)OCC(C)(N)c1noc(C2CC2(C)C)n1. The molecule has 18 heavy (non-hydrogen) atoms. The fourth-order valence-electron chi connectivity index (χ4n) is 1.90. The van der Waals surface area contributed by atoms with Crippen molar-refractivity contribution in [1.82, 2.24) is 10.1 Å². The van der Waals surface area contributed by atoms with E-state index in [1.165, 1.54) is 0 Å². The second kappa shape index (κ2) is 4.31. The highest BCUT2D eigenvalue weighted by atomic mass is 16.5. The van der Waals surface area contributed by atoms with Crippen LogP contribution < -0.4 is 5.73 Å². The molecule has 0 spiro atoms. The number of hydrogen-bond acceptors (Lipinski definition) is 5. The molecule has 1 heterocycles. The first-order valence-electron chi connectivity index (χ1n) is 6.47. The highest BCUT2D eigenvalue weighted by molar-refractivity contribution is 5.14. The molecule has 2 unspecified atom stereocenters. The van der Waals surface area contributed by atoms with Gasteiger partial charge in [0.2, 0.25) is 5.89 Å². The van der Waals surface area contributed by atoms with Gasteiger partial charge in [0.1, 0.15) is 5.54 Å². The number of aromatic nitrogens is 2. The third-order valence-electron chi connectivity index (χ3n) is 3.48. The Balaban J connectivity index is 2.05. The summed E-state index contributed by atoms with van der Waals surface area (Å²) in [5.74, 6) is 1.61. The summed E-state index contributed by atoms with van der Waals surface area (Å²) in [7, 11) is 0. The van der Waals surface area contributed by atoms with Crippen molar-refractivity contribution >= 4 is 0 Å². The van der Waals surface area contributed by atoms with Crippen LogP contribution in [0.2, 0.25) is 0 Å². The molecule has 0 saturated heterocycles. The van der Waals surface area contributed by atoms with E-state index in [9.17, 15) is 0 Å². The van der Waals surface area contributed by atoms with E-state index in [0.717, 1.165) is 6.42 Å². The number of nitrogens with two attached hydrogens (primary N) is 1. The first kappa shape index (κ1) is 13.5. The molecule has 5 nitrogen and oxygen atoms in total. The maximum absolute atomic E-state index is 6.18. The molecule has 0 amide bonds. The summed E-state index contributed by atoms with van der Waals surface area (Å²) in [5.41, 5.74) is 5.76. The van der Waals surface area contributed by atoms with Crippen LogP contribution in [0.15, 0.2) is 4.52 Å². The Morgan fingerprint density at radius 3 is 2.67 bits per heavy atom. The molecule has 1 aromatic rings. The zero-order chi connectivity index (χ0) is 13.6. The smallest absolute Gasteiger partial charge is 0.230 e. The fourth-order valence-corrected chi connectivity index (χ4v) is 1.90. The monoisotopic (exact) mass is 253 g/mol. The number of ether oxygens (including phenoxy) is 1. The third-order valence-corrected chi connectivity index (χ3v) is 3.48. The first-order valence-corrected chi connectivity index (χ1v) is 6.47. The zero-order valence-corrected chi connectivity index (χ0v) is 11.9. The molecule has 2 N–H and O–H groups in total. The van der Waals surface area contributed by atoms with Crippen molar-refractivity contribution in [3.05, 3.63) is 11.7 Å². The molecule has 0 aromatic carbocycles. The van der Waals surface area contributed by atoms with Crippen molar-refractivity contribution in [2.45, 2.75) is 58.6 Å². The second-order valence-corrected chi connectivity index (χ2v) is 6.48. The van der Waals surface area contributed by atoms with Gasteiger partial charge < -0.3 is 15.0 Å². The number of hydrogen-bond donors (Lipinski definition) is 1. The highest BCUT2D eigenvalue weighted by Gasteiger charge is 2.50. The lowest BCUT2D eigenvalue weighted by molar-refractivity contribution is 0.0410. The summed E-state index contributed by atoms with van der Waals surface area (Å²) >= 11 is 0. The van der Waals surface area contributed by atoms with Crippen molar-refractivity contribution < 1.29 is 9.26 Å². The molecule has 2 rings (SSSR count). The summed E-state index contributed by atoms with van der Waals surface area (Å²) in [4.78, 5) is 4.43. The summed E-state index contributed by atoms with van der Waals surface area (Å²) in [6.07, 6.45) is 1.24. The molecule has 0 radical (unpaired) electrons. The first-order chi connectivity index (χ1) is 8.22. The van der Waals surface area contributed by atoms with Gasteiger partial charge in [-0.2, -0.15) is 4.98 Å². The summed E-state index contributed by atoms with van der Waals surface area (Å²) < 4.78 is 10.9. The minimum absolute atomic E-state index is 0.140. The van der Waals surface area contributed by atoms with Crippen LogP contribution in [0.1, 0.15) is 58.7 Å². The topological polar surface area (TPSA) is 74.2 Å². The standard InChI is InChI=1S/C13H23N3O2/c1-8(2)17-7-13(5,14)11-15-10(18-16-11)9-6-12(9,3)4/h8-9H,6-7,14H2,1-5H3. The lowest BCUT2D eigenvalue weighted by atomic mass is 10.0. The Bertz CT molecular complexity index is 424. The van der Waals surface area contributed by atoms with Gasteiger partial charge in [0, 0.05) is 5.92 Å². The van der Waals surface area contributed by atoms with Gasteiger partial charge in [0.25, 0.3) is 0 Å². The third kappa shape index (κ3) is 2.72. The molecular formula is C13H23N3O2. The molecule has 0 aliphatic heterocycles. The Hall–Kier alpha value is -0.940. The molecule has 1 aliphatic rings. The summed E-state index contributed by atoms with van der Waals surface area (Å²) in [6.45, 7) is 10.6. The quantitative estimate of drug-likeness (QED) is 0.870. The van der Waals surface area contributed by atoms with Crippen LogP contribution in [0.5, 0.6) is 0 Å². The minimum atomic E-state index is -0.703. The fraction of sp³-hybridized carbons (Fsp3) is 0.846. The van der Waals surface area contributed by atoms with E-state index >= 15 is 0 Å². The van der Waals surface area contributed by atoms with E-state index < -0.39 is 5.54 Å². The van der Waals surface area contributed by atoms with E-state index in [-0.39, 0.29) is 11.5 Å². The average Bonchev–Trinajstić information content (AvgIpc) is 2.71. The van der Waals surface area contributed by atoms with E-state index in [2.05, 4.69) is 24.0 Å². The molecule has 2 atom stereocenters. The Morgan fingerprint density at radius 1 is 1.56 bits per heavy atom. The van der Waals surface area contributed by atoms with Crippen LogP contribution in [0.25, 0.3) is 0 Å². The van der Waals surface area contributed by atoms with Gasteiger partial charge in [0.05, 0.1) is 12.7 Å². The normalized spacial score (nSPS) is 25.2. The largest absolute Gasteiger partial charge is 0.376 e. The summed E-state index contributed by atoms with van der Waals surface area (Å²) in [6, 6.07) is 0. The van der Waals surface area contributed by atoms with Crippen molar-refractivity contribution in [1.29, 1.82) is 0 Å². The van der Waals surface area contributed by atoms with Crippen LogP contribution in [0.4, 0.5) is 0 Å². The van der Waals surface area contributed by atoms with Crippen molar-refractivity contribution in [2.24, 2.45) is 11.1 Å². The van der Waals surface area contributed by atoms with E-state index in [4.69, 9.17) is 15.0 Å². The van der Waals surface area contributed by atoms with Gasteiger partial charge in [0.15, 0.2) is 5.82 Å². The molecule has 1 saturated carbocycles. The van der Waals surface area contributed by atoms with Crippen LogP contribution in [-0.4, -0.2) is 22.9 Å². The van der Waals surface area contributed by atoms with Crippen LogP contribution in [0, 0.1) is 5.41 Å². The second-order valence-electron chi connectivity index (χ2n) is 6.48. The molecule has 1 aromatic heterocycles. The average molecular weight is 253 g/mol. The Labute approximate surface area is 108 Å². The molecule has 102 valence electrons. The van der Waals surface area contributed by atoms with Gasteiger partial charge in [-0.05, 0) is 32.6 Å². The number of nitrogens with zero attached hydrogens (tertiary/aromatic N) is 2. The van der Waals surface area contributed by atoms with Gasteiger partial charge in [-0.15, -0.1) is 0 Å². The van der Waals surface area contributed by atoms with Gasteiger partial charge in [-0.1, -0.05) is 19.0 Å². The van der Waals surface area contributed by atoms with Crippen LogP contribution in [0.3, 0.4) is 0 Å². The predicted octanol–water partition coefficient (Wildman–Crippen LogP) is 2.18. The van der Waals surface area contributed by atoms with Gasteiger partial charge in [-0.25, -0.2) is 0 Å². The predicted molar refractivity (Wildman–Crippen MR) is 68.1 cm³/mol. The van der Waals surface area contributed by atoms with Crippen LogP contribution in [-0.2, 0) is 10.3 Å². The molecular weight excluding hydrogens is 230 g/mol. The van der Waals surface area contributed by atoms with Crippen LogP contribution >= 0.6 is 0 Å². The lowest BCUT2D eigenvalue weighted by Gasteiger charge is -2.21. The maximum atomic E-state index is 6.18. The summed E-state index contributed by atoms with van der Waals surface area (Å²) in [5, 5.41) is 4.00. The van der Waals surface area contributed by atoms with Crippen molar-refractivity contribution in [3.63, 3.8) is 0 Å².